The average molecular weight is 331 g/mol. The van der Waals surface area contributed by atoms with Gasteiger partial charge in [-0.15, -0.1) is 0 Å². The van der Waals surface area contributed by atoms with Crippen molar-refractivity contribution in [1.29, 1.82) is 0 Å². The zero-order valence-electron chi connectivity index (χ0n) is 13.9. The van der Waals surface area contributed by atoms with Crippen LogP contribution in [0.4, 0.5) is 4.39 Å². The standard InChI is InChI=1S/C18H18FNO4/c1-9-15(11(3)21)10(2)20-16(9)18(23)24-12(4)17(22)13-5-7-14(19)8-6-13/h5-8,12,20H,1-4H3. The minimum atomic E-state index is -1.04. The maximum absolute atomic E-state index is 12.9. The van der Waals surface area contributed by atoms with Crippen molar-refractivity contribution in [1.82, 2.24) is 4.98 Å². The molecule has 0 aliphatic heterocycles. The molecule has 1 atom stereocenters. The van der Waals surface area contributed by atoms with E-state index in [0.717, 1.165) is 0 Å². The van der Waals surface area contributed by atoms with Gasteiger partial charge >= 0.3 is 5.97 Å². The SMILES string of the molecule is CC(=O)c1c(C)[nH]c(C(=O)OC(C)C(=O)c2ccc(F)cc2)c1C. The van der Waals surface area contributed by atoms with Crippen molar-refractivity contribution < 1.29 is 23.5 Å². The van der Waals surface area contributed by atoms with E-state index < -0.39 is 23.7 Å². The molecule has 2 aromatic rings. The van der Waals surface area contributed by atoms with Gasteiger partial charge in [-0.2, -0.15) is 0 Å². The molecule has 0 aliphatic carbocycles. The predicted octanol–water partition coefficient (Wildman–Crippen LogP) is 3.40. The number of carbonyl (C=O) groups is 3. The first-order chi connectivity index (χ1) is 11.2. The Labute approximate surface area is 138 Å². The van der Waals surface area contributed by atoms with Crippen molar-refractivity contribution in [3.63, 3.8) is 0 Å². The Balaban J connectivity index is 2.17. The number of aromatic amines is 1. The third-order valence-electron chi connectivity index (χ3n) is 3.78. The number of ether oxygens (including phenoxy) is 1. The van der Waals surface area contributed by atoms with E-state index in [4.69, 9.17) is 4.74 Å². The Hall–Kier alpha value is -2.76. The molecule has 0 saturated heterocycles. The molecule has 0 saturated carbocycles. The normalized spacial score (nSPS) is 11.9. The van der Waals surface area contributed by atoms with E-state index in [1.807, 2.05) is 0 Å². The summed E-state index contributed by atoms with van der Waals surface area (Å²) in [6.07, 6.45) is -1.04. The van der Waals surface area contributed by atoms with Gasteiger partial charge in [-0.3, -0.25) is 9.59 Å². The van der Waals surface area contributed by atoms with E-state index in [0.29, 0.717) is 16.8 Å². The molecule has 24 heavy (non-hydrogen) atoms. The number of hydrogen-bond acceptors (Lipinski definition) is 4. The van der Waals surface area contributed by atoms with Crippen LogP contribution in [0.5, 0.6) is 0 Å². The maximum Gasteiger partial charge on any atom is 0.355 e. The van der Waals surface area contributed by atoms with Gasteiger partial charge in [0.25, 0.3) is 0 Å². The zero-order valence-corrected chi connectivity index (χ0v) is 13.9. The van der Waals surface area contributed by atoms with Crippen LogP contribution < -0.4 is 0 Å². The van der Waals surface area contributed by atoms with Crippen molar-refractivity contribution in [2.75, 3.05) is 0 Å². The smallest absolute Gasteiger partial charge is 0.355 e. The molecule has 0 spiro atoms. The minimum absolute atomic E-state index is 0.149. The Morgan fingerprint density at radius 1 is 1.12 bits per heavy atom. The molecule has 2 rings (SSSR count). The highest BCUT2D eigenvalue weighted by Gasteiger charge is 2.25. The number of rotatable bonds is 5. The topological polar surface area (TPSA) is 76.2 Å². The lowest BCUT2D eigenvalue weighted by atomic mass is 10.1. The van der Waals surface area contributed by atoms with E-state index in [1.54, 1.807) is 13.8 Å². The van der Waals surface area contributed by atoms with Gasteiger partial charge in [-0.25, -0.2) is 9.18 Å². The van der Waals surface area contributed by atoms with Gasteiger partial charge in [-0.05, 0) is 57.5 Å². The lowest BCUT2D eigenvalue weighted by molar-refractivity contribution is 0.0313. The molecule has 0 aliphatic rings. The highest BCUT2D eigenvalue weighted by Crippen LogP contribution is 2.20. The minimum Gasteiger partial charge on any atom is -0.450 e. The van der Waals surface area contributed by atoms with Crippen LogP contribution in [0.15, 0.2) is 24.3 Å². The monoisotopic (exact) mass is 331 g/mol. The van der Waals surface area contributed by atoms with Crippen LogP contribution in [-0.2, 0) is 4.74 Å². The maximum atomic E-state index is 12.9. The number of esters is 1. The van der Waals surface area contributed by atoms with Gasteiger partial charge in [0.1, 0.15) is 11.5 Å². The summed E-state index contributed by atoms with van der Waals surface area (Å²) in [7, 11) is 0. The Kier molecular flexibility index (Phi) is 4.97. The summed E-state index contributed by atoms with van der Waals surface area (Å²) in [4.78, 5) is 38.9. The van der Waals surface area contributed by atoms with Crippen LogP contribution in [0.25, 0.3) is 0 Å². The lowest BCUT2D eigenvalue weighted by Gasteiger charge is -2.12. The molecule has 0 radical (unpaired) electrons. The first-order valence-corrected chi connectivity index (χ1v) is 7.43. The van der Waals surface area contributed by atoms with Crippen LogP contribution in [0.1, 0.15) is 56.3 Å². The second kappa shape index (κ2) is 6.78. The molecule has 126 valence electrons. The number of halogens is 1. The highest BCUT2D eigenvalue weighted by atomic mass is 19.1. The van der Waals surface area contributed by atoms with Gasteiger partial charge in [0.05, 0.1) is 0 Å². The number of benzene rings is 1. The summed E-state index contributed by atoms with van der Waals surface area (Å²) >= 11 is 0. The van der Waals surface area contributed by atoms with Gasteiger partial charge in [0.15, 0.2) is 11.9 Å². The summed E-state index contributed by atoms with van der Waals surface area (Å²) in [5.41, 5.74) is 1.91. The molecular formula is C18H18FNO4. The Bertz CT molecular complexity index is 805. The molecule has 0 fully saturated rings. The van der Waals surface area contributed by atoms with E-state index >= 15 is 0 Å². The fourth-order valence-electron chi connectivity index (χ4n) is 2.60. The van der Waals surface area contributed by atoms with Crippen LogP contribution in [0, 0.1) is 19.7 Å². The zero-order chi connectivity index (χ0) is 18.0. The number of nitrogens with one attached hydrogen (secondary N) is 1. The molecule has 0 bridgehead atoms. The molecule has 1 heterocycles. The molecule has 0 amide bonds. The summed E-state index contributed by atoms with van der Waals surface area (Å²) < 4.78 is 18.1. The van der Waals surface area contributed by atoms with Crippen molar-refractivity contribution >= 4 is 17.5 Å². The molecule has 1 aromatic heterocycles. The van der Waals surface area contributed by atoms with E-state index in [1.165, 1.54) is 38.1 Å². The molecule has 1 unspecified atom stereocenters. The number of ketones is 2. The summed E-state index contributed by atoms with van der Waals surface area (Å²) in [5, 5.41) is 0. The van der Waals surface area contributed by atoms with Crippen molar-refractivity contribution in [2.45, 2.75) is 33.8 Å². The number of H-pyrrole nitrogens is 1. The van der Waals surface area contributed by atoms with Crippen molar-refractivity contribution in [2.24, 2.45) is 0 Å². The average Bonchev–Trinajstić information content (AvgIpc) is 2.82. The molecular weight excluding hydrogens is 313 g/mol. The van der Waals surface area contributed by atoms with Crippen LogP contribution in [0.2, 0.25) is 0 Å². The number of aromatic nitrogens is 1. The summed E-state index contributed by atoms with van der Waals surface area (Å²) in [5.74, 6) is -1.76. The predicted molar refractivity (Wildman–Crippen MR) is 85.9 cm³/mol. The number of carbonyl (C=O) groups excluding carboxylic acids is 3. The fraction of sp³-hybridized carbons (Fsp3) is 0.278. The van der Waals surface area contributed by atoms with Crippen LogP contribution in [0.3, 0.4) is 0 Å². The van der Waals surface area contributed by atoms with Gasteiger partial charge < -0.3 is 9.72 Å². The first kappa shape index (κ1) is 17.6. The summed E-state index contributed by atoms with van der Waals surface area (Å²) in [6, 6.07) is 5.00. The largest absolute Gasteiger partial charge is 0.450 e. The third kappa shape index (κ3) is 3.42. The molecule has 1 aromatic carbocycles. The van der Waals surface area contributed by atoms with E-state index in [-0.39, 0.29) is 17.0 Å². The Morgan fingerprint density at radius 2 is 1.71 bits per heavy atom. The molecule has 1 N–H and O–H groups in total. The van der Waals surface area contributed by atoms with E-state index in [2.05, 4.69) is 4.98 Å². The quantitative estimate of drug-likeness (QED) is 0.673. The molecule has 6 heteroatoms. The van der Waals surface area contributed by atoms with Gasteiger partial charge in [-0.1, -0.05) is 0 Å². The van der Waals surface area contributed by atoms with Crippen LogP contribution in [-0.4, -0.2) is 28.6 Å². The number of hydrogen-bond donors (Lipinski definition) is 1. The lowest BCUT2D eigenvalue weighted by Crippen LogP contribution is -2.25. The van der Waals surface area contributed by atoms with E-state index in [9.17, 15) is 18.8 Å². The fourth-order valence-corrected chi connectivity index (χ4v) is 2.60. The van der Waals surface area contributed by atoms with Gasteiger partial charge in [0.2, 0.25) is 5.78 Å². The summed E-state index contributed by atoms with van der Waals surface area (Å²) in [6.45, 7) is 6.19. The first-order valence-electron chi connectivity index (χ1n) is 7.43. The van der Waals surface area contributed by atoms with Crippen molar-refractivity contribution in [3.8, 4) is 0 Å². The second-order valence-corrected chi connectivity index (χ2v) is 5.60. The van der Waals surface area contributed by atoms with Gasteiger partial charge in [0, 0.05) is 16.8 Å². The number of Topliss-reactive ketones (excluding diaryl/α,β-unsaturated/α-hetero) is 2. The Morgan fingerprint density at radius 3 is 2.21 bits per heavy atom. The highest BCUT2D eigenvalue weighted by molar-refractivity contribution is 6.03. The molecule has 5 nitrogen and oxygen atoms in total. The number of aryl methyl sites for hydroxylation is 1. The second-order valence-electron chi connectivity index (χ2n) is 5.60. The third-order valence-corrected chi connectivity index (χ3v) is 3.78. The van der Waals surface area contributed by atoms with Crippen molar-refractivity contribution in [3.05, 3.63) is 58.2 Å². The van der Waals surface area contributed by atoms with Crippen LogP contribution >= 0.6 is 0 Å².